The highest BCUT2D eigenvalue weighted by Crippen LogP contribution is 2.32. The van der Waals surface area contributed by atoms with Gasteiger partial charge < -0.3 is 4.74 Å². The number of nitrogens with zero attached hydrogens (tertiary/aromatic N) is 1. The minimum absolute atomic E-state index is 0.184. The van der Waals surface area contributed by atoms with Gasteiger partial charge in [0.05, 0.1) is 17.2 Å². The summed E-state index contributed by atoms with van der Waals surface area (Å²) in [6.45, 7) is 8.15. The molecule has 0 aliphatic heterocycles. The summed E-state index contributed by atoms with van der Waals surface area (Å²) >= 11 is 0. The smallest absolute Gasteiger partial charge is 0.262 e. The van der Waals surface area contributed by atoms with E-state index in [0.29, 0.717) is 28.9 Å². The zero-order valence-electron chi connectivity index (χ0n) is 15.3. The summed E-state index contributed by atoms with van der Waals surface area (Å²) in [5, 5.41) is 0.536. The van der Waals surface area contributed by atoms with E-state index in [0.717, 1.165) is 16.7 Å². The molecule has 136 valence electrons. The molecular formula is C20H22N2O3S. The van der Waals surface area contributed by atoms with E-state index in [4.69, 9.17) is 4.74 Å². The van der Waals surface area contributed by atoms with Crippen molar-refractivity contribution in [2.24, 2.45) is 0 Å². The molecule has 1 aromatic heterocycles. The lowest BCUT2D eigenvalue weighted by Gasteiger charge is -2.16. The van der Waals surface area contributed by atoms with E-state index in [-0.39, 0.29) is 4.90 Å². The van der Waals surface area contributed by atoms with Crippen molar-refractivity contribution in [2.45, 2.75) is 32.6 Å². The summed E-state index contributed by atoms with van der Waals surface area (Å²) in [6, 6.07) is 10.6. The fourth-order valence-corrected chi connectivity index (χ4v) is 4.56. The molecule has 0 amide bonds. The molecule has 0 fully saturated rings. The maximum atomic E-state index is 13.1. The van der Waals surface area contributed by atoms with Crippen LogP contribution in [0.25, 0.3) is 10.9 Å². The second-order valence-corrected chi connectivity index (χ2v) is 7.92. The Balaban J connectivity index is 2.13. The van der Waals surface area contributed by atoms with Crippen LogP contribution in [0.3, 0.4) is 0 Å². The van der Waals surface area contributed by atoms with Crippen LogP contribution in [0.5, 0.6) is 5.75 Å². The number of fused-ring (bicyclic) bond motifs is 1. The van der Waals surface area contributed by atoms with Crippen molar-refractivity contribution in [2.75, 3.05) is 11.3 Å². The molecule has 26 heavy (non-hydrogen) atoms. The topological polar surface area (TPSA) is 68.3 Å². The molecule has 3 rings (SSSR count). The number of pyridine rings is 1. The number of aromatic nitrogens is 1. The monoisotopic (exact) mass is 370 g/mol. The standard InChI is InChI=1S/C20H22N2O3S/c1-5-25-17-8-9-18(16-7-6-10-21-20(16)17)26(23,24)22-19-14(3)11-13(2)12-15(19)4/h6-12,22H,5H2,1-4H3. The lowest BCUT2D eigenvalue weighted by atomic mass is 10.1. The van der Waals surface area contributed by atoms with E-state index in [1.54, 1.807) is 30.5 Å². The van der Waals surface area contributed by atoms with E-state index in [9.17, 15) is 8.42 Å². The van der Waals surface area contributed by atoms with Crippen molar-refractivity contribution in [1.29, 1.82) is 0 Å². The number of aryl methyl sites for hydroxylation is 3. The van der Waals surface area contributed by atoms with Gasteiger partial charge in [0.1, 0.15) is 11.3 Å². The number of rotatable bonds is 5. The van der Waals surface area contributed by atoms with Crippen molar-refractivity contribution < 1.29 is 13.2 Å². The normalized spacial score (nSPS) is 11.5. The van der Waals surface area contributed by atoms with Crippen LogP contribution in [-0.2, 0) is 10.0 Å². The van der Waals surface area contributed by atoms with Gasteiger partial charge in [0, 0.05) is 11.6 Å². The average Bonchev–Trinajstić information content (AvgIpc) is 2.58. The molecule has 0 radical (unpaired) electrons. The zero-order chi connectivity index (χ0) is 18.9. The molecule has 2 aromatic carbocycles. The minimum Gasteiger partial charge on any atom is -0.492 e. The molecule has 0 saturated heterocycles. The van der Waals surface area contributed by atoms with Crippen molar-refractivity contribution in [3.63, 3.8) is 0 Å². The lowest BCUT2D eigenvalue weighted by Crippen LogP contribution is -2.15. The molecule has 0 aliphatic carbocycles. The van der Waals surface area contributed by atoms with E-state index in [1.165, 1.54) is 0 Å². The number of ether oxygens (including phenoxy) is 1. The molecule has 5 nitrogen and oxygen atoms in total. The fraction of sp³-hybridized carbons (Fsp3) is 0.250. The van der Waals surface area contributed by atoms with Gasteiger partial charge in [0.2, 0.25) is 0 Å². The van der Waals surface area contributed by atoms with E-state index < -0.39 is 10.0 Å². The van der Waals surface area contributed by atoms with Gasteiger partial charge in [-0.15, -0.1) is 0 Å². The molecule has 3 aromatic rings. The van der Waals surface area contributed by atoms with Gasteiger partial charge in [-0.05, 0) is 63.1 Å². The first kappa shape index (κ1) is 18.2. The summed E-state index contributed by atoms with van der Waals surface area (Å²) in [5.41, 5.74) is 4.02. The second kappa shape index (κ2) is 6.96. The predicted molar refractivity (Wildman–Crippen MR) is 104 cm³/mol. The summed E-state index contributed by atoms with van der Waals surface area (Å²) in [7, 11) is -3.78. The van der Waals surface area contributed by atoms with Gasteiger partial charge in [-0.25, -0.2) is 8.42 Å². The zero-order valence-corrected chi connectivity index (χ0v) is 16.1. The first-order valence-corrected chi connectivity index (χ1v) is 9.93. The Kier molecular flexibility index (Phi) is 4.87. The van der Waals surface area contributed by atoms with Crippen molar-refractivity contribution in [1.82, 2.24) is 4.98 Å². The molecule has 0 saturated carbocycles. The van der Waals surface area contributed by atoms with Gasteiger partial charge in [0.15, 0.2) is 0 Å². The first-order chi connectivity index (χ1) is 12.3. The second-order valence-electron chi connectivity index (χ2n) is 6.27. The number of benzene rings is 2. The van der Waals surface area contributed by atoms with Crippen molar-refractivity contribution in [3.8, 4) is 5.75 Å². The van der Waals surface area contributed by atoms with Gasteiger partial charge in [-0.1, -0.05) is 17.7 Å². The van der Waals surface area contributed by atoms with Crippen LogP contribution < -0.4 is 9.46 Å². The summed E-state index contributed by atoms with van der Waals surface area (Å²) in [6.07, 6.45) is 1.63. The summed E-state index contributed by atoms with van der Waals surface area (Å²) < 4.78 is 34.5. The molecule has 0 spiro atoms. The van der Waals surface area contributed by atoms with Gasteiger partial charge in [-0.2, -0.15) is 0 Å². The number of hydrogen-bond acceptors (Lipinski definition) is 4. The van der Waals surface area contributed by atoms with Crippen LogP contribution >= 0.6 is 0 Å². The lowest BCUT2D eigenvalue weighted by molar-refractivity contribution is 0.343. The van der Waals surface area contributed by atoms with Crippen molar-refractivity contribution >= 4 is 26.6 Å². The van der Waals surface area contributed by atoms with Crippen LogP contribution in [-0.4, -0.2) is 20.0 Å². The maximum absolute atomic E-state index is 13.1. The third-order valence-electron chi connectivity index (χ3n) is 4.20. The van der Waals surface area contributed by atoms with Gasteiger partial charge in [-0.3, -0.25) is 9.71 Å². The van der Waals surface area contributed by atoms with Crippen LogP contribution in [0.1, 0.15) is 23.6 Å². The Morgan fingerprint density at radius 3 is 2.42 bits per heavy atom. The minimum atomic E-state index is -3.78. The Bertz CT molecular complexity index is 1050. The Hall–Kier alpha value is -2.60. The largest absolute Gasteiger partial charge is 0.492 e. The van der Waals surface area contributed by atoms with E-state index in [1.807, 2.05) is 39.8 Å². The molecule has 0 atom stereocenters. The SMILES string of the molecule is CCOc1ccc(S(=O)(=O)Nc2c(C)cc(C)cc2C)c2cccnc12. The molecule has 1 heterocycles. The Morgan fingerprint density at radius 2 is 1.77 bits per heavy atom. The number of nitrogens with one attached hydrogen (secondary N) is 1. The highest BCUT2D eigenvalue weighted by atomic mass is 32.2. The van der Waals surface area contributed by atoms with Gasteiger partial charge >= 0.3 is 0 Å². The molecule has 0 bridgehead atoms. The quantitative estimate of drug-likeness (QED) is 0.724. The number of anilines is 1. The summed E-state index contributed by atoms with van der Waals surface area (Å²) in [5.74, 6) is 0.574. The van der Waals surface area contributed by atoms with Crippen LogP contribution in [0, 0.1) is 20.8 Å². The summed E-state index contributed by atoms with van der Waals surface area (Å²) in [4.78, 5) is 4.49. The fourth-order valence-electron chi connectivity index (χ4n) is 3.16. The molecule has 6 heteroatoms. The van der Waals surface area contributed by atoms with Crippen LogP contribution in [0.2, 0.25) is 0 Å². The first-order valence-electron chi connectivity index (χ1n) is 8.44. The predicted octanol–water partition coefficient (Wildman–Crippen LogP) is 4.36. The van der Waals surface area contributed by atoms with Crippen LogP contribution in [0.15, 0.2) is 47.5 Å². The number of hydrogen-bond donors (Lipinski definition) is 1. The Labute approximate surface area is 154 Å². The van der Waals surface area contributed by atoms with E-state index in [2.05, 4.69) is 9.71 Å². The third-order valence-corrected chi connectivity index (χ3v) is 5.60. The highest BCUT2D eigenvalue weighted by molar-refractivity contribution is 7.93. The highest BCUT2D eigenvalue weighted by Gasteiger charge is 2.21. The van der Waals surface area contributed by atoms with E-state index >= 15 is 0 Å². The molecule has 1 N–H and O–H groups in total. The molecular weight excluding hydrogens is 348 g/mol. The molecule has 0 unspecified atom stereocenters. The number of sulfonamides is 1. The van der Waals surface area contributed by atoms with Crippen molar-refractivity contribution in [3.05, 3.63) is 59.3 Å². The third kappa shape index (κ3) is 3.37. The Morgan fingerprint density at radius 1 is 1.08 bits per heavy atom. The average molecular weight is 370 g/mol. The maximum Gasteiger partial charge on any atom is 0.262 e. The molecule has 0 aliphatic rings. The van der Waals surface area contributed by atoms with Gasteiger partial charge in [0.25, 0.3) is 10.0 Å². The van der Waals surface area contributed by atoms with Crippen LogP contribution in [0.4, 0.5) is 5.69 Å².